The number of ether oxygens (including phenoxy) is 1. The molecule has 2 aromatic rings. The maximum absolute atomic E-state index is 12.2. The molecule has 0 radical (unpaired) electrons. The smallest absolute Gasteiger partial charge is 0.330 e. The summed E-state index contributed by atoms with van der Waals surface area (Å²) in [4.78, 5) is 26.7. The SMILES string of the molecule is C#C[C@@]1(CO)C[C@@H](Sc2ccc(C)cc2)[C@H](n2ccc(=O)[nH]c2=O)O1. The first-order valence-corrected chi connectivity index (χ1v) is 8.65. The summed E-state index contributed by atoms with van der Waals surface area (Å²) in [5.74, 6) is 2.51. The van der Waals surface area contributed by atoms with E-state index in [0.717, 1.165) is 10.5 Å². The summed E-state index contributed by atoms with van der Waals surface area (Å²) in [7, 11) is 0. The summed E-state index contributed by atoms with van der Waals surface area (Å²) in [6.07, 6.45) is 6.64. The molecule has 0 bridgehead atoms. The first-order chi connectivity index (χ1) is 12.0. The number of thioether (sulfide) groups is 1. The third-order valence-electron chi connectivity index (χ3n) is 4.15. The molecule has 3 rings (SSSR count). The molecule has 3 atom stereocenters. The lowest BCUT2D eigenvalue weighted by Crippen LogP contribution is -2.35. The maximum Gasteiger partial charge on any atom is 0.330 e. The molecule has 7 heteroatoms. The average molecular weight is 358 g/mol. The number of rotatable bonds is 4. The Kier molecular flexibility index (Phi) is 4.86. The fourth-order valence-corrected chi connectivity index (χ4v) is 4.07. The van der Waals surface area contributed by atoms with Gasteiger partial charge in [0.25, 0.3) is 5.56 Å². The Morgan fingerprint density at radius 2 is 2.12 bits per heavy atom. The van der Waals surface area contributed by atoms with Crippen molar-refractivity contribution in [1.29, 1.82) is 0 Å². The van der Waals surface area contributed by atoms with E-state index in [1.54, 1.807) is 0 Å². The second-order valence-corrected chi connectivity index (χ2v) is 7.31. The summed E-state index contributed by atoms with van der Waals surface area (Å²) in [6.45, 7) is 1.66. The monoisotopic (exact) mass is 358 g/mol. The van der Waals surface area contributed by atoms with E-state index in [1.165, 1.54) is 28.6 Å². The second kappa shape index (κ2) is 6.92. The molecule has 0 aliphatic carbocycles. The minimum atomic E-state index is -1.15. The van der Waals surface area contributed by atoms with Gasteiger partial charge in [0.2, 0.25) is 0 Å². The number of terminal acetylenes is 1. The molecule has 1 fully saturated rings. The first kappa shape index (κ1) is 17.5. The van der Waals surface area contributed by atoms with Crippen LogP contribution in [0.1, 0.15) is 18.2 Å². The molecule has 2 N–H and O–H groups in total. The number of hydrogen-bond donors (Lipinski definition) is 2. The van der Waals surface area contributed by atoms with Crippen molar-refractivity contribution < 1.29 is 9.84 Å². The zero-order valence-electron chi connectivity index (χ0n) is 13.6. The number of aromatic amines is 1. The summed E-state index contributed by atoms with van der Waals surface area (Å²) >= 11 is 1.53. The Bertz CT molecular complexity index is 912. The van der Waals surface area contributed by atoms with E-state index in [9.17, 15) is 14.7 Å². The van der Waals surface area contributed by atoms with E-state index >= 15 is 0 Å². The number of aliphatic hydroxyl groups excluding tert-OH is 1. The van der Waals surface area contributed by atoms with Crippen LogP contribution >= 0.6 is 11.8 Å². The van der Waals surface area contributed by atoms with Crippen LogP contribution in [0.2, 0.25) is 0 Å². The molecule has 25 heavy (non-hydrogen) atoms. The van der Waals surface area contributed by atoms with Crippen LogP contribution in [0, 0.1) is 19.3 Å². The Hall–Kier alpha value is -2.27. The van der Waals surface area contributed by atoms with E-state index in [-0.39, 0.29) is 11.9 Å². The molecule has 1 saturated heterocycles. The number of nitrogens with one attached hydrogen (secondary N) is 1. The van der Waals surface area contributed by atoms with E-state index in [4.69, 9.17) is 11.2 Å². The minimum absolute atomic E-state index is 0.200. The van der Waals surface area contributed by atoms with Crippen molar-refractivity contribution in [3.05, 3.63) is 62.9 Å². The molecular weight excluding hydrogens is 340 g/mol. The van der Waals surface area contributed by atoms with E-state index < -0.39 is 23.1 Å². The summed E-state index contributed by atoms with van der Waals surface area (Å²) in [6, 6.07) is 9.23. The predicted octanol–water partition coefficient (Wildman–Crippen LogP) is 1.29. The highest BCUT2D eigenvalue weighted by Crippen LogP contribution is 2.44. The van der Waals surface area contributed by atoms with Crippen molar-refractivity contribution in [2.45, 2.75) is 35.3 Å². The highest BCUT2D eigenvalue weighted by molar-refractivity contribution is 8.00. The molecule has 0 unspecified atom stereocenters. The van der Waals surface area contributed by atoms with Gasteiger partial charge in [-0.15, -0.1) is 18.2 Å². The van der Waals surface area contributed by atoms with Gasteiger partial charge in [0, 0.05) is 23.6 Å². The van der Waals surface area contributed by atoms with Crippen LogP contribution in [-0.4, -0.2) is 32.1 Å². The van der Waals surface area contributed by atoms with Crippen LogP contribution in [0.4, 0.5) is 0 Å². The molecular formula is C18H18N2O4S. The Labute approximate surface area is 148 Å². The number of benzene rings is 1. The third-order valence-corrected chi connectivity index (χ3v) is 5.39. The Balaban J connectivity index is 1.97. The number of aryl methyl sites for hydroxylation is 1. The van der Waals surface area contributed by atoms with E-state index in [1.807, 2.05) is 31.2 Å². The molecule has 1 aromatic heterocycles. The van der Waals surface area contributed by atoms with Crippen molar-refractivity contribution in [3.63, 3.8) is 0 Å². The molecule has 6 nitrogen and oxygen atoms in total. The number of nitrogens with zero attached hydrogens (tertiary/aromatic N) is 1. The summed E-state index contributed by atoms with van der Waals surface area (Å²) < 4.78 is 7.20. The maximum atomic E-state index is 12.2. The van der Waals surface area contributed by atoms with Crippen molar-refractivity contribution >= 4 is 11.8 Å². The fraction of sp³-hybridized carbons (Fsp3) is 0.333. The third kappa shape index (κ3) is 3.56. The van der Waals surface area contributed by atoms with Crippen LogP contribution < -0.4 is 11.2 Å². The lowest BCUT2D eigenvalue weighted by Gasteiger charge is -2.22. The van der Waals surface area contributed by atoms with Crippen LogP contribution in [0.25, 0.3) is 0 Å². The number of aliphatic hydroxyl groups is 1. The zero-order chi connectivity index (χ0) is 18.0. The molecule has 130 valence electrons. The van der Waals surface area contributed by atoms with Gasteiger partial charge in [-0.1, -0.05) is 23.6 Å². The average Bonchev–Trinajstić information content (AvgIpc) is 2.96. The zero-order valence-corrected chi connectivity index (χ0v) is 14.5. The molecule has 0 amide bonds. The van der Waals surface area contributed by atoms with Crippen LogP contribution in [-0.2, 0) is 4.74 Å². The minimum Gasteiger partial charge on any atom is -0.392 e. The van der Waals surface area contributed by atoms with Crippen LogP contribution in [0.15, 0.2) is 51.0 Å². The van der Waals surface area contributed by atoms with Gasteiger partial charge in [0.1, 0.15) is 0 Å². The number of H-pyrrole nitrogens is 1. The van der Waals surface area contributed by atoms with Gasteiger partial charge in [-0.2, -0.15) is 0 Å². The Morgan fingerprint density at radius 1 is 1.40 bits per heavy atom. The quantitative estimate of drug-likeness (QED) is 0.805. The van der Waals surface area contributed by atoms with E-state index in [0.29, 0.717) is 6.42 Å². The van der Waals surface area contributed by atoms with Gasteiger partial charge in [0.15, 0.2) is 11.8 Å². The standard InChI is InChI=1S/C18H18N2O4S/c1-3-18(11-21)10-14(25-13-6-4-12(2)5-7-13)16(24-18)20-9-8-15(22)19-17(20)23/h1,4-9,14,16,21H,10-11H2,2H3,(H,19,22,23)/t14-,16-,18+/m1/s1. The molecule has 2 heterocycles. The van der Waals surface area contributed by atoms with Gasteiger partial charge in [-0.05, 0) is 19.1 Å². The second-order valence-electron chi connectivity index (χ2n) is 6.00. The van der Waals surface area contributed by atoms with Gasteiger partial charge in [-0.25, -0.2) is 4.79 Å². The van der Waals surface area contributed by atoms with Crippen LogP contribution in [0.5, 0.6) is 0 Å². The van der Waals surface area contributed by atoms with Crippen LogP contribution in [0.3, 0.4) is 0 Å². The highest BCUT2D eigenvalue weighted by atomic mass is 32.2. The Morgan fingerprint density at radius 3 is 2.72 bits per heavy atom. The van der Waals surface area contributed by atoms with Gasteiger partial charge >= 0.3 is 5.69 Å². The number of aromatic nitrogens is 2. The number of hydrogen-bond acceptors (Lipinski definition) is 5. The lowest BCUT2D eigenvalue weighted by atomic mass is 10.0. The van der Waals surface area contributed by atoms with Gasteiger partial charge < -0.3 is 9.84 Å². The normalized spacial score (nSPS) is 25.6. The first-order valence-electron chi connectivity index (χ1n) is 7.77. The largest absolute Gasteiger partial charge is 0.392 e. The van der Waals surface area contributed by atoms with E-state index in [2.05, 4.69) is 10.9 Å². The topological polar surface area (TPSA) is 84.3 Å². The van der Waals surface area contributed by atoms with Gasteiger partial charge in [0.05, 0.1) is 11.9 Å². The van der Waals surface area contributed by atoms with Crippen molar-refractivity contribution in [3.8, 4) is 12.3 Å². The summed E-state index contributed by atoms with van der Waals surface area (Å²) in [5, 5.41) is 9.49. The molecule has 1 aliphatic heterocycles. The predicted molar refractivity (Wildman–Crippen MR) is 95.5 cm³/mol. The summed E-state index contributed by atoms with van der Waals surface area (Å²) in [5.41, 5.74) is -1.05. The van der Waals surface area contributed by atoms with Crippen molar-refractivity contribution in [2.75, 3.05) is 6.61 Å². The fourth-order valence-electron chi connectivity index (χ4n) is 2.78. The highest BCUT2D eigenvalue weighted by Gasteiger charge is 2.47. The molecule has 1 aromatic carbocycles. The molecule has 0 saturated carbocycles. The molecule has 1 aliphatic rings. The molecule has 0 spiro atoms. The lowest BCUT2D eigenvalue weighted by molar-refractivity contribution is -0.0641. The van der Waals surface area contributed by atoms with Crippen molar-refractivity contribution in [2.24, 2.45) is 0 Å². The van der Waals surface area contributed by atoms with Gasteiger partial charge in [-0.3, -0.25) is 14.3 Å². The van der Waals surface area contributed by atoms with Crippen molar-refractivity contribution in [1.82, 2.24) is 9.55 Å².